The van der Waals surface area contributed by atoms with Crippen LogP contribution < -0.4 is 0 Å². The molecule has 0 bridgehead atoms. The van der Waals surface area contributed by atoms with Crippen LogP contribution in [0.25, 0.3) is 0 Å². The number of carbonyl (C=O) groups is 1. The summed E-state index contributed by atoms with van der Waals surface area (Å²) < 4.78 is 5.60. The molecule has 0 radical (unpaired) electrons. The highest BCUT2D eigenvalue weighted by molar-refractivity contribution is 5.81. The fourth-order valence-electron chi connectivity index (χ4n) is 4.00. The minimum Gasteiger partial charge on any atom is -0.462 e. The second-order valence-electron chi connectivity index (χ2n) is 7.79. The van der Waals surface area contributed by atoms with Crippen LogP contribution in [-0.4, -0.2) is 28.7 Å². The highest BCUT2D eigenvalue weighted by atomic mass is 16.7. The molecule has 132 valence electrons. The van der Waals surface area contributed by atoms with E-state index in [1.807, 2.05) is 23.3 Å². The first kappa shape index (κ1) is 17.4. The van der Waals surface area contributed by atoms with E-state index >= 15 is 0 Å². The van der Waals surface area contributed by atoms with E-state index < -0.39 is 5.54 Å². The van der Waals surface area contributed by atoms with Crippen LogP contribution in [0.1, 0.15) is 71.0 Å². The summed E-state index contributed by atoms with van der Waals surface area (Å²) in [5, 5.41) is 1.99. The number of hydrogen-bond acceptors (Lipinski definition) is 4. The quantitative estimate of drug-likeness (QED) is 0.769. The highest BCUT2D eigenvalue weighted by Gasteiger charge is 2.56. The molecule has 1 saturated heterocycles. The maximum Gasteiger partial charge on any atom is 0.329 e. The molecule has 1 spiro atoms. The molecule has 1 aliphatic carbocycles. The predicted molar refractivity (Wildman–Crippen MR) is 93.3 cm³/mol. The number of cyclic esters (lactones) is 1. The summed E-state index contributed by atoms with van der Waals surface area (Å²) in [5.74, 6) is -0.107. The van der Waals surface area contributed by atoms with Crippen molar-refractivity contribution in [2.75, 3.05) is 6.61 Å². The predicted octanol–water partition coefficient (Wildman–Crippen LogP) is 4.41. The van der Waals surface area contributed by atoms with E-state index in [-0.39, 0.29) is 17.6 Å². The lowest BCUT2D eigenvalue weighted by Crippen LogP contribution is -2.68. The van der Waals surface area contributed by atoms with E-state index in [4.69, 9.17) is 9.57 Å². The van der Waals surface area contributed by atoms with Crippen LogP contribution in [0.3, 0.4) is 0 Å². The summed E-state index contributed by atoms with van der Waals surface area (Å²) >= 11 is 0. The number of ether oxygens (including phenoxy) is 1. The van der Waals surface area contributed by atoms with E-state index in [2.05, 4.69) is 32.9 Å². The summed E-state index contributed by atoms with van der Waals surface area (Å²) in [6, 6.07) is 10.2. The molecule has 1 aromatic carbocycles. The van der Waals surface area contributed by atoms with E-state index in [0.29, 0.717) is 6.61 Å². The molecule has 1 heterocycles. The third kappa shape index (κ3) is 3.22. The second-order valence-corrected chi connectivity index (χ2v) is 7.79. The van der Waals surface area contributed by atoms with Crippen molar-refractivity contribution >= 4 is 5.97 Å². The highest BCUT2D eigenvalue weighted by Crippen LogP contribution is 2.43. The summed E-state index contributed by atoms with van der Waals surface area (Å²) in [7, 11) is 0. The Labute approximate surface area is 145 Å². The van der Waals surface area contributed by atoms with Gasteiger partial charge in [0.15, 0.2) is 0 Å². The Bertz CT molecular complexity index is 562. The van der Waals surface area contributed by atoms with Gasteiger partial charge in [0.1, 0.15) is 18.2 Å². The maximum absolute atomic E-state index is 12.8. The lowest BCUT2D eigenvalue weighted by atomic mass is 9.84. The van der Waals surface area contributed by atoms with E-state index in [1.165, 1.54) is 12.8 Å². The Morgan fingerprint density at radius 3 is 2.33 bits per heavy atom. The van der Waals surface area contributed by atoms with Gasteiger partial charge in [0.2, 0.25) is 0 Å². The van der Waals surface area contributed by atoms with Crippen molar-refractivity contribution in [3.05, 3.63) is 35.9 Å². The topological polar surface area (TPSA) is 38.8 Å². The van der Waals surface area contributed by atoms with Crippen LogP contribution >= 0.6 is 0 Å². The van der Waals surface area contributed by atoms with Gasteiger partial charge in [0.05, 0.1) is 5.54 Å². The molecule has 24 heavy (non-hydrogen) atoms. The zero-order valence-electron chi connectivity index (χ0n) is 15.1. The first-order valence-corrected chi connectivity index (χ1v) is 9.15. The smallest absolute Gasteiger partial charge is 0.329 e. The standard InChI is InChI=1S/C20H29NO3/c1-16(17-11-7-6-8-12-17)24-21-19(2,3)15-23-18(22)20(21)13-9-4-5-10-14-20/h6-8,11-12,16H,4-5,9-10,13-15H2,1-3H3. The molecular weight excluding hydrogens is 302 g/mol. The van der Waals surface area contributed by atoms with Crippen molar-refractivity contribution in [2.45, 2.75) is 76.5 Å². The average molecular weight is 331 g/mol. The minimum atomic E-state index is -0.638. The molecule has 0 amide bonds. The molecule has 1 aliphatic heterocycles. The molecule has 4 heteroatoms. The molecule has 0 N–H and O–H groups in total. The van der Waals surface area contributed by atoms with Gasteiger partial charge in [-0.05, 0) is 39.2 Å². The molecule has 2 aliphatic rings. The lowest BCUT2D eigenvalue weighted by Gasteiger charge is -2.52. The molecule has 2 fully saturated rings. The first-order valence-electron chi connectivity index (χ1n) is 9.15. The number of esters is 1. The van der Waals surface area contributed by atoms with Gasteiger partial charge in [-0.25, -0.2) is 4.79 Å². The summed E-state index contributed by atoms with van der Waals surface area (Å²) in [5.41, 5.74) is 0.152. The summed E-state index contributed by atoms with van der Waals surface area (Å²) in [6.45, 7) is 6.62. The molecule has 1 atom stereocenters. The number of morpholine rings is 1. The number of benzene rings is 1. The van der Waals surface area contributed by atoms with Gasteiger partial charge in [0.25, 0.3) is 0 Å². The normalized spacial score (nSPS) is 25.0. The average Bonchev–Trinajstić information content (AvgIpc) is 2.83. The van der Waals surface area contributed by atoms with Gasteiger partial charge >= 0.3 is 5.97 Å². The Morgan fingerprint density at radius 2 is 1.71 bits per heavy atom. The molecule has 1 aromatic rings. The maximum atomic E-state index is 12.8. The summed E-state index contributed by atoms with van der Waals surface area (Å²) in [6.07, 6.45) is 5.98. The van der Waals surface area contributed by atoms with Crippen molar-refractivity contribution in [3.63, 3.8) is 0 Å². The fraction of sp³-hybridized carbons (Fsp3) is 0.650. The van der Waals surface area contributed by atoms with Crippen LogP contribution in [0.5, 0.6) is 0 Å². The van der Waals surface area contributed by atoms with Crippen LogP contribution in [0.2, 0.25) is 0 Å². The largest absolute Gasteiger partial charge is 0.462 e. The second kappa shape index (κ2) is 6.85. The van der Waals surface area contributed by atoms with Crippen LogP contribution in [-0.2, 0) is 14.4 Å². The summed E-state index contributed by atoms with van der Waals surface area (Å²) in [4.78, 5) is 19.2. The third-order valence-electron chi connectivity index (χ3n) is 5.34. The Balaban J connectivity index is 1.91. The zero-order chi connectivity index (χ0) is 17.2. The molecule has 1 unspecified atom stereocenters. The molecule has 0 aromatic heterocycles. The van der Waals surface area contributed by atoms with Gasteiger partial charge in [-0.3, -0.25) is 4.84 Å². The number of nitrogens with zero attached hydrogens (tertiary/aromatic N) is 1. The van der Waals surface area contributed by atoms with Crippen molar-refractivity contribution < 1.29 is 14.4 Å². The first-order chi connectivity index (χ1) is 11.5. The van der Waals surface area contributed by atoms with Gasteiger partial charge < -0.3 is 4.74 Å². The van der Waals surface area contributed by atoms with Gasteiger partial charge in [-0.15, -0.1) is 0 Å². The van der Waals surface area contributed by atoms with Gasteiger partial charge in [-0.2, -0.15) is 5.06 Å². The number of hydrogen-bond donors (Lipinski definition) is 0. The molecule has 1 saturated carbocycles. The molecule has 3 rings (SSSR count). The van der Waals surface area contributed by atoms with Gasteiger partial charge in [-0.1, -0.05) is 56.0 Å². The fourth-order valence-corrected chi connectivity index (χ4v) is 4.00. The van der Waals surface area contributed by atoms with Crippen molar-refractivity contribution in [1.29, 1.82) is 0 Å². The number of rotatable bonds is 3. The van der Waals surface area contributed by atoms with Crippen molar-refractivity contribution in [1.82, 2.24) is 5.06 Å². The van der Waals surface area contributed by atoms with Crippen LogP contribution in [0, 0.1) is 0 Å². The lowest BCUT2D eigenvalue weighted by molar-refractivity contribution is -0.321. The third-order valence-corrected chi connectivity index (χ3v) is 5.34. The molecule has 4 nitrogen and oxygen atoms in total. The Hall–Kier alpha value is -1.39. The van der Waals surface area contributed by atoms with Crippen LogP contribution in [0.15, 0.2) is 30.3 Å². The van der Waals surface area contributed by atoms with E-state index in [9.17, 15) is 4.79 Å². The monoisotopic (exact) mass is 331 g/mol. The minimum absolute atomic E-state index is 0.100. The number of hydroxylamine groups is 2. The van der Waals surface area contributed by atoms with Crippen molar-refractivity contribution in [3.8, 4) is 0 Å². The van der Waals surface area contributed by atoms with Crippen LogP contribution in [0.4, 0.5) is 0 Å². The van der Waals surface area contributed by atoms with Crippen molar-refractivity contribution in [2.24, 2.45) is 0 Å². The Morgan fingerprint density at radius 1 is 1.08 bits per heavy atom. The Kier molecular flexibility index (Phi) is 4.97. The van der Waals surface area contributed by atoms with Gasteiger partial charge in [0, 0.05) is 0 Å². The van der Waals surface area contributed by atoms with E-state index in [0.717, 1.165) is 31.2 Å². The number of carbonyl (C=O) groups excluding carboxylic acids is 1. The molecular formula is C20H29NO3. The van der Waals surface area contributed by atoms with E-state index in [1.54, 1.807) is 0 Å². The SMILES string of the molecule is CC(ON1C(C)(C)COC(=O)C12CCCCCC2)c1ccccc1. The zero-order valence-corrected chi connectivity index (χ0v) is 15.1.